The lowest BCUT2D eigenvalue weighted by Gasteiger charge is -2.33. The molecule has 2 rings (SSSR count). The molecule has 6 heteroatoms. The van der Waals surface area contributed by atoms with Gasteiger partial charge in [-0.25, -0.2) is 0 Å². The summed E-state index contributed by atoms with van der Waals surface area (Å²) in [5, 5.41) is 6.38. The number of anilines is 3. The van der Waals surface area contributed by atoms with Crippen LogP contribution in [0, 0.1) is 5.41 Å². The van der Waals surface area contributed by atoms with E-state index in [2.05, 4.69) is 32.5 Å². The Morgan fingerprint density at radius 3 is 2.30 bits per heavy atom. The molecule has 0 atom stereocenters. The Morgan fingerprint density at radius 1 is 1.05 bits per heavy atom. The van der Waals surface area contributed by atoms with Crippen LogP contribution < -0.4 is 15.5 Å². The van der Waals surface area contributed by atoms with Crippen molar-refractivity contribution in [2.24, 2.45) is 5.41 Å². The summed E-state index contributed by atoms with van der Waals surface area (Å²) in [6.07, 6.45) is 6.60. The molecule has 2 N–H and O–H groups in total. The van der Waals surface area contributed by atoms with Crippen molar-refractivity contribution in [3.8, 4) is 0 Å². The predicted molar refractivity (Wildman–Crippen MR) is 83.4 cm³/mol. The summed E-state index contributed by atoms with van der Waals surface area (Å²) in [4.78, 5) is 15.0. The molecule has 1 fully saturated rings. The van der Waals surface area contributed by atoms with E-state index >= 15 is 0 Å². The van der Waals surface area contributed by atoms with Crippen LogP contribution in [-0.4, -0.2) is 42.6 Å². The molecule has 1 aromatic heterocycles. The van der Waals surface area contributed by atoms with Crippen LogP contribution in [0.15, 0.2) is 0 Å². The highest BCUT2D eigenvalue weighted by molar-refractivity contribution is 5.42. The van der Waals surface area contributed by atoms with Crippen molar-refractivity contribution in [3.63, 3.8) is 0 Å². The Morgan fingerprint density at radius 2 is 1.70 bits per heavy atom. The van der Waals surface area contributed by atoms with Crippen molar-refractivity contribution in [2.45, 2.75) is 39.0 Å². The topological polar surface area (TPSA) is 66.0 Å². The first-order valence-electron chi connectivity index (χ1n) is 7.37. The monoisotopic (exact) mass is 278 g/mol. The summed E-state index contributed by atoms with van der Waals surface area (Å²) in [7, 11) is 5.68. The maximum Gasteiger partial charge on any atom is 0.231 e. The molecule has 0 bridgehead atoms. The van der Waals surface area contributed by atoms with E-state index in [9.17, 15) is 0 Å². The van der Waals surface area contributed by atoms with Crippen LogP contribution in [0.4, 0.5) is 17.8 Å². The molecule has 0 unspecified atom stereocenters. The number of nitrogens with one attached hydrogen (secondary N) is 2. The first-order chi connectivity index (χ1) is 9.52. The molecule has 0 saturated heterocycles. The lowest BCUT2D eigenvalue weighted by Crippen LogP contribution is -2.29. The zero-order valence-electron chi connectivity index (χ0n) is 13.0. The third-order valence-electron chi connectivity index (χ3n) is 3.98. The molecule has 112 valence electrons. The largest absolute Gasteiger partial charge is 0.357 e. The van der Waals surface area contributed by atoms with Gasteiger partial charge in [0.05, 0.1) is 0 Å². The molecular formula is C14H26N6. The minimum Gasteiger partial charge on any atom is -0.357 e. The fraction of sp³-hybridized carbons (Fsp3) is 0.786. The van der Waals surface area contributed by atoms with Crippen LogP contribution in [0.25, 0.3) is 0 Å². The normalized spacial score (nSPS) is 17.6. The zero-order valence-corrected chi connectivity index (χ0v) is 13.0. The molecule has 6 nitrogen and oxygen atoms in total. The van der Waals surface area contributed by atoms with Crippen LogP contribution in [-0.2, 0) is 0 Å². The third kappa shape index (κ3) is 3.71. The quantitative estimate of drug-likeness (QED) is 0.862. The van der Waals surface area contributed by atoms with Gasteiger partial charge < -0.3 is 15.5 Å². The smallest absolute Gasteiger partial charge is 0.231 e. The average molecular weight is 278 g/mol. The molecule has 20 heavy (non-hydrogen) atoms. The Kier molecular flexibility index (Phi) is 4.62. The molecule has 1 aromatic rings. The molecule has 0 spiro atoms. The predicted octanol–water partition coefficient (Wildman–Crippen LogP) is 2.36. The molecule has 0 radical (unpaired) electrons. The van der Waals surface area contributed by atoms with Gasteiger partial charge in [-0.05, 0) is 18.3 Å². The number of hydrogen-bond acceptors (Lipinski definition) is 6. The van der Waals surface area contributed by atoms with E-state index in [1.54, 1.807) is 0 Å². The van der Waals surface area contributed by atoms with Crippen molar-refractivity contribution in [1.29, 1.82) is 0 Å². The zero-order chi connectivity index (χ0) is 14.6. The van der Waals surface area contributed by atoms with Crippen LogP contribution in [0.3, 0.4) is 0 Å². The van der Waals surface area contributed by atoms with Gasteiger partial charge in [0.1, 0.15) is 0 Å². The minimum absolute atomic E-state index is 0.364. The van der Waals surface area contributed by atoms with Crippen molar-refractivity contribution in [1.82, 2.24) is 15.0 Å². The van der Waals surface area contributed by atoms with Crippen molar-refractivity contribution in [2.75, 3.05) is 43.2 Å². The van der Waals surface area contributed by atoms with Gasteiger partial charge in [-0.15, -0.1) is 0 Å². The van der Waals surface area contributed by atoms with E-state index in [-0.39, 0.29) is 0 Å². The Hall–Kier alpha value is -1.59. The SMILES string of the molecule is CNc1nc(NCC2(C)CCCCC2)nc(N(C)C)n1. The van der Waals surface area contributed by atoms with Crippen molar-refractivity contribution in [3.05, 3.63) is 0 Å². The van der Waals surface area contributed by atoms with Gasteiger partial charge in [0.25, 0.3) is 0 Å². The second kappa shape index (κ2) is 6.24. The van der Waals surface area contributed by atoms with E-state index in [0.29, 0.717) is 23.3 Å². The van der Waals surface area contributed by atoms with Gasteiger partial charge in [0.15, 0.2) is 0 Å². The lowest BCUT2D eigenvalue weighted by atomic mass is 9.76. The van der Waals surface area contributed by atoms with Gasteiger partial charge in [-0.2, -0.15) is 15.0 Å². The minimum atomic E-state index is 0.364. The highest BCUT2D eigenvalue weighted by atomic mass is 15.3. The average Bonchev–Trinajstić information content (AvgIpc) is 2.45. The first kappa shape index (κ1) is 14.8. The van der Waals surface area contributed by atoms with E-state index in [1.165, 1.54) is 32.1 Å². The van der Waals surface area contributed by atoms with E-state index in [0.717, 1.165) is 6.54 Å². The van der Waals surface area contributed by atoms with E-state index in [1.807, 2.05) is 26.0 Å². The summed E-state index contributed by atoms with van der Waals surface area (Å²) in [5.74, 6) is 1.92. The van der Waals surface area contributed by atoms with Crippen molar-refractivity contribution < 1.29 is 0 Å². The Balaban J connectivity index is 2.06. The fourth-order valence-electron chi connectivity index (χ4n) is 2.63. The number of hydrogen-bond donors (Lipinski definition) is 2. The highest BCUT2D eigenvalue weighted by Crippen LogP contribution is 2.35. The van der Waals surface area contributed by atoms with Crippen molar-refractivity contribution >= 4 is 17.8 Å². The maximum absolute atomic E-state index is 4.45. The van der Waals surface area contributed by atoms with Crippen LogP contribution in [0.1, 0.15) is 39.0 Å². The summed E-state index contributed by atoms with van der Waals surface area (Å²) < 4.78 is 0. The first-order valence-corrected chi connectivity index (χ1v) is 7.37. The molecule has 1 aliphatic carbocycles. The second-order valence-corrected chi connectivity index (χ2v) is 6.15. The highest BCUT2D eigenvalue weighted by Gasteiger charge is 2.26. The number of rotatable bonds is 5. The maximum atomic E-state index is 4.45. The summed E-state index contributed by atoms with van der Waals surface area (Å²) in [5.41, 5.74) is 0.364. The van der Waals surface area contributed by atoms with Gasteiger partial charge in [-0.3, -0.25) is 0 Å². The van der Waals surface area contributed by atoms with Crippen LogP contribution >= 0.6 is 0 Å². The molecule has 1 aliphatic rings. The van der Waals surface area contributed by atoms with E-state index < -0.39 is 0 Å². The summed E-state index contributed by atoms with van der Waals surface area (Å²) in [6.45, 7) is 3.28. The third-order valence-corrected chi connectivity index (χ3v) is 3.98. The van der Waals surface area contributed by atoms with Gasteiger partial charge in [0, 0.05) is 27.7 Å². The molecule has 0 aliphatic heterocycles. The summed E-state index contributed by atoms with van der Waals surface area (Å²) in [6, 6.07) is 0. The number of nitrogens with zero attached hydrogens (tertiary/aromatic N) is 4. The Bertz CT molecular complexity index is 439. The van der Waals surface area contributed by atoms with E-state index in [4.69, 9.17) is 0 Å². The number of aromatic nitrogens is 3. The van der Waals surface area contributed by atoms with Crippen LogP contribution in [0.2, 0.25) is 0 Å². The van der Waals surface area contributed by atoms with Gasteiger partial charge in [0.2, 0.25) is 17.8 Å². The molecule has 1 saturated carbocycles. The Labute approximate surface area is 121 Å². The van der Waals surface area contributed by atoms with Crippen LogP contribution in [0.5, 0.6) is 0 Å². The van der Waals surface area contributed by atoms with Gasteiger partial charge in [-0.1, -0.05) is 26.2 Å². The molecule has 1 heterocycles. The standard InChI is InChI=1S/C14H26N6/c1-14(8-6-5-7-9-14)10-16-12-17-11(15-2)18-13(19-12)20(3)4/h5-10H2,1-4H3,(H2,15,16,17,18,19). The fourth-order valence-corrected chi connectivity index (χ4v) is 2.63. The summed E-state index contributed by atoms with van der Waals surface area (Å²) >= 11 is 0. The second-order valence-electron chi connectivity index (χ2n) is 6.15. The molecule has 0 aromatic carbocycles. The lowest BCUT2D eigenvalue weighted by molar-refractivity contribution is 0.233. The van der Waals surface area contributed by atoms with Gasteiger partial charge >= 0.3 is 0 Å². The molecule has 0 amide bonds. The molecular weight excluding hydrogens is 252 g/mol.